The minimum atomic E-state index is -3.10. The summed E-state index contributed by atoms with van der Waals surface area (Å²) in [6.07, 6.45) is 7.09. The van der Waals surface area contributed by atoms with E-state index in [2.05, 4.69) is 42.1 Å². The number of halogens is 2. The number of ether oxygens (including phenoxy) is 2. The number of nitrogens with zero attached hydrogens (tertiary/aromatic N) is 5. The van der Waals surface area contributed by atoms with Crippen LogP contribution < -0.4 is 25.1 Å². The lowest BCUT2D eigenvalue weighted by Gasteiger charge is -2.31. The molecule has 306 valence electrons. The molecule has 18 heteroatoms. The van der Waals surface area contributed by atoms with E-state index in [-0.39, 0.29) is 60.6 Å². The number of para-hydroxylation sites is 1. The zero-order chi connectivity index (χ0) is 42.0. The number of carbonyl (C=O) groups excluding carboxylic acids is 2. The van der Waals surface area contributed by atoms with Crippen LogP contribution >= 0.6 is 30.5 Å². The van der Waals surface area contributed by atoms with E-state index in [0.717, 1.165) is 42.0 Å². The zero-order valence-electron chi connectivity index (χ0n) is 32.8. The Hall–Kier alpha value is -4.10. The summed E-state index contributed by atoms with van der Waals surface area (Å²) in [4.78, 5) is 51.4. The Balaban J connectivity index is 0.000000247. The monoisotopic (exact) mass is 836 g/mol. The number of nitrogens with two attached hydrogens (primary N) is 1. The molecule has 5 rings (SSSR count). The maximum atomic E-state index is 14.5. The number of benzene rings is 2. The SMILES string of the molecule is C#CCN1C(=O)COc2cc(F)c(/N=c3\snc4n3CC(C)(C)C4)cc21.CCc1cccc(C)c1N(C(=O)CCl)C(C)COC.CP(=O)(O)CCC(N)C(=O)O. The first-order valence-electron chi connectivity index (χ1n) is 17.8. The first-order valence-corrected chi connectivity index (χ1v) is 21.4. The molecule has 1 aromatic heterocycles. The summed E-state index contributed by atoms with van der Waals surface area (Å²) in [5.41, 5.74) is 8.98. The summed E-state index contributed by atoms with van der Waals surface area (Å²) < 4.78 is 42.1. The van der Waals surface area contributed by atoms with Crippen molar-refractivity contribution in [2.45, 2.75) is 72.5 Å². The number of alkyl halides is 1. The van der Waals surface area contributed by atoms with Crippen molar-refractivity contribution in [1.29, 1.82) is 0 Å². The number of aryl methyl sites for hydroxylation is 2. The first-order chi connectivity index (χ1) is 26.3. The van der Waals surface area contributed by atoms with Gasteiger partial charge in [-0.15, -0.1) is 18.0 Å². The average molecular weight is 837 g/mol. The van der Waals surface area contributed by atoms with E-state index in [1.54, 1.807) is 12.0 Å². The summed E-state index contributed by atoms with van der Waals surface area (Å²) >= 11 is 7.00. The normalized spacial score (nSPS) is 16.4. The molecule has 14 nitrogen and oxygen atoms in total. The van der Waals surface area contributed by atoms with E-state index in [0.29, 0.717) is 22.8 Å². The van der Waals surface area contributed by atoms with Gasteiger partial charge in [0.15, 0.2) is 19.8 Å². The number of aliphatic carboxylic acids is 1. The molecule has 0 spiro atoms. The average Bonchev–Trinajstić information content (AvgIpc) is 3.64. The molecule has 0 fully saturated rings. The van der Waals surface area contributed by atoms with Crippen molar-refractivity contribution < 1.29 is 42.8 Å². The highest BCUT2D eigenvalue weighted by Crippen LogP contribution is 2.38. The lowest BCUT2D eigenvalue weighted by Crippen LogP contribution is -2.43. The van der Waals surface area contributed by atoms with Crippen LogP contribution in [-0.2, 0) is 43.1 Å². The molecular formula is C38H51ClFN6O8PS. The number of carboxylic acids is 1. The number of fused-ring (bicyclic) bond motifs is 2. The van der Waals surface area contributed by atoms with Crippen molar-refractivity contribution in [3.8, 4) is 18.1 Å². The molecule has 2 aliphatic rings. The molecule has 2 aromatic carbocycles. The molecule has 4 N–H and O–H groups in total. The Kier molecular flexibility index (Phi) is 16.8. The van der Waals surface area contributed by atoms with Gasteiger partial charge in [0.05, 0.1) is 30.6 Å². The highest BCUT2D eigenvalue weighted by molar-refractivity contribution is 7.57. The Morgan fingerprint density at radius 1 is 1.34 bits per heavy atom. The van der Waals surface area contributed by atoms with Gasteiger partial charge in [0.2, 0.25) is 10.7 Å². The van der Waals surface area contributed by atoms with Crippen LogP contribution in [0.1, 0.15) is 51.1 Å². The van der Waals surface area contributed by atoms with E-state index in [1.807, 2.05) is 30.5 Å². The van der Waals surface area contributed by atoms with Crippen molar-refractivity contribution in [1.82, 2.24) is 8.94 Å². The molecule has 0 bridgehead atoms. The van der Waals surface area contributed by atoms with Crippen molar-refractivity contribution >= 4 is 65.3 Å². The highest BCUT2D eigenvalue weighted by atomic mass is 35.5. The van der Waals surface area contributed by atoms with E-state index in [4.69, 9.17) is 43.2 Å². The third kappa shape index (κ3) is 12.4. The lowest BCUT2D eigenvalue weighted by atomic mass is 9.92. The number of methoxy groups -OCH3 is 1. The Labute approximate surface area is 336 Å². The minimum Gasteiger partial charge on any atom is -0.481 e. The van der Waals surface area contributed by atoms with Gasteiger partial charge in [-0.25, -0.2) is 9.38 Å². The zero-order valence-corrected chi connectivity index (χ0v) is 35.2. The standard InChI is InChI=1S/C18H17FN4O2S.C15H22ClNO2.C5H12NO4P/c1-4-5-22-13-7-12(11(19)6-14(13)25-9-16(22)24)20-17-23-10-18(2,3)8-15(23)21-26-17;1-5-13-8-6-7-11(2)15(13)17(14(18)9-16)12(3)10-19-4;1-11(9,10)3-2-4(6)5(7)8/h1,6-7H,5,8-10H2,2-3H3;6-8,12H,5,9-10H2,1-4H3;4H,2-3,6H2,1H3,(H,7,8)(H,9,10)/b20-17-;;. The minimum absolute atomic E-state index is 0.0223. The van der Waals surface area contributed by atoms with Gasteiger partial charge in [-0.2, -0.15) is 4.37 Å². The largest absolute Gasteiger partial charge is 0.481 e. The number of amides is 2. The lowest BCUT2D eigenvalue weighted by molar-refractivity contribution is -0.138. The molecule has 0 aliphatic carbocycles. The van der Waals surface area contributed by atoms with Crippen molar-refractivity contribution in [3.63, 3.8) is 0 Å². The number of carbonyl (C=O) groups is 3. The first kappa shape index (κ1) is 46.3. The fraction of sp³-hybridized carbons (Fsp3) is 0.500. The number of hydrogen-bond acceptors (Lipinski definition) is 10. The van der Waals surface area contributed by atoms with Gasteiger partial charge in [0.1, 0.15) is 29.2 Å². The second kappa shape index (κ2) is 20.4. The molecule has 0 saturated heterocycles. The van der Waals surface area contributed by atoms with Crippen LogP contribution in [0.4, 0.5) is 21.5 Å². The number of anilines is 2. The second-order valence-electron chi connectivity index (χ2n) is 14.3. The topological polar surface area (TPSA) is 190 Å². The van der Waals surface area contributed by atoms with Crippen molar-refractivity contribution in [2.24, 2.45) is 16.1 Å². The van der Waals surface area contributed by atoms with Gasteiger partial charge in [-0.3, -0.25) is 23.8 Å². The maximum absolute atomic E-state index is 14.5. The maximum Gasteiger partial charge on any atom is 0.320 e. The van der Waals surface area contributed by atoms with Gasteiger partial charge in [-0.1, -0.05) is 44.9 Å². The molecule has 3 heterocycles. The molecule has 3 aromatic rings. The van der Waals surface area contributed by atoms with Crippen molar-refractivity contribution in [3.05, 3.63) is 57.9 Å². The van der Waals surface area contributed by atoms with Gasteiger partial charge < -0.3 is 34.7 Å². The number of carboxylic acid groups (broad SMARTS) is 1. The summed E-state index contributed by atoms with van der Waals surface area (Å²) in [6, 6.07) is 7.77. The van der Waals surface area contributed by atoms with Crippen molar-refractivity contribution in [2.75, 3.05) is 55.4 Å². The van der Waals surface area contributed by atoms with E-state index < -0.39 is 25.2 Å². The fourth-order valence-electron chi connectivity index (χ4n) is 6.07. The van der Waals surface area contributed by atoms with Gasteiger partial charge in [-0.05, 0) is 49.3 Å². The van der Waals surface area contributed by atoms with Gasteiger partial charge in [0, 0.05) is 50.5 Å². The molecule has 3 unspecified atom stereocenters. The van der Waals surface area contributed by atoms with Crippen LogP contribution in [0.3, 0.4) is 0 Å². The Morgan fingerprint density at radius 2 is 2.04 bits per heavy atom. The van der Waals surface area contributed by atoms with Crippen LogP contribution in [0, 0.1) is 30.5 Å². The number of terminal acetylenes is 1. The molecule has 2 aliphatic heterocycles. The van der Waals surface area contributed by atoms with Crippen LogP contribution in [0.5, 0.6) is 5.75 Å². The molecular weight excluding hydrogens is 786 g/mol. The van der Waals surface area contributed by atoms with Crippen LogP contribution in [-0.4, -0.2) is 94.4 Å². The molecule has 0 saturated carbocycles. The molecule has 56 heavy (non-hydrogen) atoms. The predicted octanol–water partition coefficient (Wildman–Crippen LogP) is 5.11. The number of aromatic nitrogens is 2. The fourth-order valence-corrected chi connectivity index (χ4v) is 7.71. The number of hydrogen-bond donors (Lipinski definition) is 3. The van der Waals surface area contributed by atoms with E-state index in [1.165, 1.54) is 35.2 Å². The third-order valence-electron chi connectivity index (χ3n) is 8.78. The molecule has 2 amide bonds. The van der Waals surface area contributed by atoms with Crippen LogP contribution in [0.25, 0.3) is 0 Å². The summed E-state index contributed by atoms with van der Waals surface area (Å²) in [5.74, 6) is 1.67. The summed E-state index contributed by atoms with van der Waals surface area (Å²) in [6.45, 7) is 12.8. The quantitative estimate of drug-likeness (QED) is 0.126. The Morgan fingerprint density at radius 3 is 2.62 bits per heavy atom. The number of rotatable bonds is 12. The summed E-state index contributed by atoms with van der Waals surface area (Å²) in [7, 11) is -1.47. The smallest absolute Gasteiger partial charge is 0.320 e. The Bertz CT molecular complexity index is 2040. The van der Waals surface area contributed by atoms with Crippen LogP contribution in [0.2, 0.25) is 0 Å². The molecule has 3 atom stereocenters. The van der Waals surface area contributed by atoms with Crippen LogP contribution in [0.15, 0.2) is 35.3 Å². The van der Waals surface area contributed by atoms with E-state index in [9.17, 15) is 23.3 Å². The summed E-state index contributed by atoms with van der Waals surface area (Å²) in [5, 5.41) is 8.28. The molecule has 0 radical (unpaired) electrons. The van der Waals surface area contributed by atoms with Gasteiger partial charge in [0.25, 0.3) is 5.91 Å². The predicted molar refractivity (Wildman–Crippen MR) is 217 cm³/mol. The second-order valence-corrected chi connectivity index (χ2v) is 17.9. The highest BCUT2D eigenvalue weighted by Gasteiger charge is 2.31. The third-order valence-corrected chi connectivity index (χ3v) is 10.9. The van der Waals surface area contributed by atoms with Gasteiger partial charge >= 0.3 is 5.97 Å². The van der Waals surface area contributed by atoms with E-state index >= 15 is 0 Å².